The van der Waals surface area contributed by atoms with Gasteiger partial charge in [0.2, 0.25) is 5.91 Å². The molecule has 0 saturated heterocycles. The van der Waals surface area contributed by atoms with Crippen molar-refractivity contribution in [2.24, 2.45) is 7.05 Å². The Balaban J connectivity index is 0.00000242. The van der Waals surface area contributed by atoms with E-state index in [1.807, 2.05) is 49.1 Å². The maximum atomic E-state index is 11.7. The van der Waals surface area contributed by atoms with Crippen molar-refractivity contribution in [3.05, 3.63) is 36.7 Å². The zero-order valence-corrected chi connectivity index (χ0v) is 14.3. The number of anilines is 1. The molecule has 1 heterocycles. The third-order valence-electron chi connectivity index (χ3n) is 2.95. The fraction of sp³-hybridized carbons (Fsp3) is 0.333. The summed E-state index contributed by atoms with van der Waals surface area (Å²) in [7, 11) is 3.85. The van der Waals surface area contributed by atoms with Crippen molar-refractivity contribution in [1.82, 2.24) is 14.9 Å². The van der Waals surface area contributed by atoms with Gasteiger partial charge in [-0.05, 0) is 44.3 Å². The molecule has 1 amide bonds. The molecule has 120 valence electrons. The standard InChI is InChI=1S/C15H20N4OS.ClH/c1-16-9-3-4-14(20)18-12-5-7-13(8-6-12)21-15-17-10-11-19(15)2;/h5-8,10-11,16H,3-4,9H2,1-2H3,(H,18,20);1H. The molecule has 0 aliphatic heterocycles. The Labute approximate surface area is 141 Å². The normalized spacial score (nSPS) is 10.1. The van der Waals surface area contributed by atoms with E-state index in [9.17, 15) is 4.79 Å². The van der Waals surface area contributed by atoms with Crippen molar-refractivity contribution in [3.8, 4) is 0 Å². The molecule has 2 aromatic rings. The molecule has 1 aromatic carbocycles. The van der Waals surface area contributed by atoms with Crippen molar-refractivity contribution in [2.45, 2.75) is 22.9 Å². The Bertz CT molecular complexity index is 585. The molecule has 0 aliphatic rings. The molecule has 2 rings (SSSR count). The number of imidazole rings is 1. The zero-order valence-electron chi connectivity index (χ0n) is 12.7. The van der Waals surface area contributed by atoms with Crippen LogP contribution >= 0.6 is 24.2 Å². The third-order valence-corrected chi connectivity index (χ3v) is 4.04. The van der Waals surface area contributed by atoms with E-state index in [-0.39, 0.29) is 18.3 Å². The Kier molecular flexibility index (Phi) is 8.01. The molecule has 7 heteroatoms. The largest absolute Gasteiger partial charge is 0.329 e. The lowest BCUT2D eigenvalue weighted by Crippen LogP contribution is -2.15. The lowest BCUT2D eigenvalue weighted by atomic mass is 10.2. The molecule has 0 saturated carbocycles. The van der Waals surface area contributed by atoms with Gasteiger partial charge in [0.15, 0.2) is 5.16 Å². The van der Waals surface area contributed by atoms with Gasteiger partial charge in [-0.3, -0.25) is 4.79 Å². The van der Waals surface area contributed by atoms with E-state index in [1.165, 1.54) is 0 Å². The number of hydrogen-bond acceptors (Lipinski definition) is 4. The zero-order chi connectivity index (χ0) is 15.1. The number of nitrogens with one attached hydrogen (secondary N) is 2. The number of hydrogen-bond donors (Lipinski definition) is 2. The van der Waals surface area contributed by atoms with Crippen LogP contribution in [0.3, 0.4) is 0 Å². The number of amides is 1. The Morgan fingerprint density at radius 1 is 1.32 bits per heavy atom. The summed E-state index contributed by atoms with van der Waals surface area (Å²) >= 11 is 1.60. The maximum Gasteiger partial charge on any atom is 0.224 e. The first-order valence-electron chi connectivity index (χ1n) is 6.89. The predicted octanol–water partition coefficient (Wildman–Crippen LogP) is 2.93. The van der Waals surface area contributed by atoms with E-state index < -0.39 is 0 Å². The smallest absolute Gasteiger partial charge is 0.224 e. The highest BCUT2D eigenvalue weighted by Gasteiger charge is 2.04. The first kappa shape index (κ1) is 18.5. The lowest BCUT2D eigenvalue weighted by molar-refractivity contribution is -0.116. The van der Waals surface area contributed by atoms with Gasteiger partial charge in [0, 0.05) is 36.4 Å². The molecule has 2 N–H and O–H groups in total. The van der Waals surface area contributed by atoms with Crippen molar-refractivity contribution in [2.75, 3.05) is 18.9 Å². The highest BCUT2D eigenvalue weighted by atomic mass is 35.5. The number of halogens is 1. The summed E-state index contributed by atoms with van der Waals surface area (Å²) in [6.45, 7) is 0.854. The first-order chi connectivity index (χ1) is 10.2. The number of nitrogens with zero attached hydrogens (tertiary/aromatic N) is 2. The SMILES string of the molecule is CNCCCC(=O)Nc1ccc(Sc2nccn2C)cc1.Cl. The van der Waals surface area contributed by atoms with Gasteiger partial charge in [0.25, 0.3) is 0 Å². The minimum Gasteiger partial charge on any atom is -0.329 e. The van der Waals surface area contributed by atoms with E-state index in [2.05, 4.69) is 15.6 Å². The molecule has 0 spiro atoms. The molecular formula is C15H21ClN4OS. The maximum absolute atomic E-state index is 11.7. The Morgan fingerprint density at radius 3 is 2.64 bits per heavy atom. The van der Waals surface area contributed by atoms with Crippen LogP contribution in [-0.2, 0) is 11.8 Å². The number of aromatic nitrogens is 2. The van der Waals surface area contributed by atoms with Crippen LogP contribution in [-0.4, -0.2) is 29.1 Å². The van der Waals surface area contributed by atoms with Gasteiger partial charge >= 0.3 is 0 Å². The third kappa shape index (κ3) is 5.71. The van der Waals surface area contributed by atoms with Crippen molar-refractivity contribution in [1.29, 1.82) is 0 Å². The minimum absolute atomic E-state index is 0. The molecule has 0 atom stereocenters. The molecule has 0 radical (unpaired) electrons. The number of aryl methyl sites for hydroxylation is 1. The first-order valence-corrected chi connectivity index (χ1v) is 7.70. The van der Waals surface area contributed by atoms with Gasteiger partial charge in [-0.1, -0.05) is 11.8 Å². The second kappa shape index (κ2) is 9.50. The van der Waals surface area contributed by atoms with Gasteiger partial charge in [-0.15, -0.1) is 12.4 Å². The summed E-state index contributed by atoms with van der Waals surface area (Å²) in [5.41, 5.74) is 0.827. The number of carbonyl (C=O) groups is 1. The Hall–Kier alpha value is -1.50. The monoisotopic (exact) mass is 340 g/mol. The number of benzene rings is 1. The van der Waals surface area contributed by atoms with Crippen LogP contribution in [0.25, 0.3) is 0 Å². The average molecular weight is 341 g/mol. The van der Waals surface area contributed by atoms with E-state index in [0.29, 0.717) is 6.42 Å². The highest BCUT2D eigenvalue weighted by Crippen LogP contribution is 2.26. The molecule has 0 unspecified atom stereocenters. The van der Waals surface area contributed by atoms with E-state index >= 15 is 0 Å². The van der Waals surface area contributed by atoms with Crippen LogP contribution < -0.4 is 10.6 Å². The van der Waals surface area contributed by atoms with Gasteiger partial charge in [-0.2, -0.15) is 0 Å². The second-order valence-corrected chi connectivity index (χ2v) is 5.74. The van der Waals surface area contributed by atoms with Gasteiger partial charge < -0.3 is 15.2 Å². The van der Waals surface area contributed by atoms with Crippen LogP contribution in [0.5, 0.6) is 0 Å². The van der Waals surface area contributed by atoms with Crippen LogP contribution in [0.15, 0.2) is 46.7 Å². The summed E-state index contributed by atoms with van der Waals surface area (Å²) in [6, 6.07) is 7.81. The minimum atomic E-state index is 0. The molecule has 0 bridgehead atoms. The van der Waals surface area contributed by atoms with E-state index in [0.717, 1.165) is 28.7 Å². The summed E-state index contributed by atoms with van der Waals surface area (Å²) < 4.78 is 1.97. The van der Waals surface area contributed by atoms with Crippen LogP contribution in [0.2, 0.25) is 0 Å². The molecule has 0 aliphatic carbocycles. The lowest BCUT2D eigenvalue weighted by Gasteiger charge is -2.06. The number of rotatable bonds is 7. The Morgan fingerprint density at radius 2 is 2.05 bits per heavy atom. The summed E-state index contributed by atoms with van der Waals surface area (Å²) in [4.78, 5) is 17.1. The fourth-order valence-electron chi connectivity index (χ4n) is 1.81. The molecule has 22 heavy (non-hydrogen) atoms. The van der Waals surface area contributed by atoms with Gasteiger partial charge in [0.05, 0.1) is 0 Å². The summed E-state index contributed by atoms with van der Waals surface area (Å²) in [5.74, 6) is 0.0507. The molecular weight excluding hydrogens is 320 g/mol. The predicted molar refractivity (Wildman–Crippen MR) is 92.8 cm³/mol. The second-order valence-electron chi connectivity index (χ2n) is 4.70. The quantitative estimate of drug-likeness (QED) is 0.761. The van der Waals surface area contributed by atoms with Gasteiger partial charge in [-0.25, -0.2) is 4.98 Å². The molecule has 5 nitrogen and oxygen atoms in total. The van der Waals surface area contributed by atoms with Gasteiger partial charge in [0.1, 0.15) is 0 Å². The summed E-state index contributed by atoms with van der Waals surface area (Å²) in [5, 5.41) is 6.87. The van der Waals surface area contributed by atoms with Crippen molar-refractivity contribution < 1.29 is 4.79 Å². The summed E-state index contributed by atoms with van der Waals surface area (Å²) in [6.07, 6.45) is 5.07. The molecule has 0 fully saturated rings. The fourth-order valence-corrected chi connectivity index (χ4v) is 2.61. The number of carbonyl (C=O) groups excluding carboxylic acids is 1. The highest BCUT2D eigenvalue weighted by molar-refractivity contribution is 7.99. The topological polar surface area (TPSA) is 59.0 Å². The van der Waals surface area contributed by atoms with E-state index in [4.69, 9.17) is 0 Å². The van der Waals surface area contributed by atoms with Crippen molar-refractivity contribution >= 4 is 35.8 Å². The molecule has 1 aromatic heterocycles. The van der Waals surface area contributed by atoms with Crippen LogP contribution in [0.4, 0.5) is 5.69 Å². The van der Waals surface area contributed by atoms with E-state index in [1.54, 1.807) is 18.0 Å². The van der Waals surface area contributed by atoms with Crippen LogP contribution in [0.1, 0.15) is 12.8 Å². The van der Waals surface area contributed by atoms with Crippen molar-refractivity contribution in [3.63, 3.8) is 0 Å². The van der Waals surface area contributed by atoms with Crippen LogP contribution in [0, 0.1) is 0 Å². The average Bonchev–Trinajstić information content (AvgIpc) is 2.87.